The molecule has 1 aliphatic carbocycles. The largest absolute Gasteiger partial charge is 0.343 e. The summed E-state index contributed by atoms with van der Waals surface area (Å²) in [5, 5.41) is 26.1. The van der Waals surface area contributed by atoms with E-state index >= 15 is 0 Å². The smallest absolute Gasteiger partial charge is 0.281 e. The van der Waals surface area contributed by atoms with Crippen molar-refractivity contribution in [3.05, 3.63) is 370 Å². The number of thiazole rings is 3. The van der Waals surface area contributed by atoms with Crippen LogP contribution in [-0.2, 0) is 36.5 Å². The fourth-order valence-electron chi connectivity index (χ4n) is 17.4. The molecule has 0 atom stereocenters. The number of anilines is 6. The van der Waals surface area contributed by atoms with Gasteiger partial charge in [-0.3, -0.25) is 43.9 Å². The molecule has 42 heteroatoms. The molecule has 1 fully saturated rings. The number of carbonyl (C=O) groups excluding carboxylic acids is 5. The molecule has 2 amide bonds. The molecule has 7 aromatic heterocycles. The monoisotopic (exact) mass is 2140 g/mol. The van der Waals surface area contributed by atoms with Crippen molar-refractivity contribution in [1.82, 2.24) is 73.7 Å². The number of tetrazole rings is 1. The Balaban J connectivity index is 0.000000140. The molecule has 0 saturated heterocycles. The number of amides is 2. The van der Waals surface area contributed by atoms with Crippen LogP contribution in [-0.4, -0.2) is 191 Å². The van der Waals surface area contributed by atoms with Gasteiger partial charge in [0.15, 0.2) is 44.4 Å². The van der Waals surface area contributed by atoms with E-state index in [4.69, 9.17) is 0 Å². The number of ketones is 3. The van der Waals surface area contributed by atoms with Crippen molar-refractivity contribution in [1.29, 1.82) is 0 Å². The van der Waals surface area contributed by atoms with Gasteiger partial charge in [0.2, 0.25) is 0 Å². The van der Waals surface area contributed by atoms with Gasteiger partial charge in [-0.2, -0.15) is 21.8 Å². The number of aromatic nitrogens is 13. The lowest BCUT2D eigenvalue weighted by Gasteiger charge is -2.30. The topological polar surface area (TPSA) is 323 Å². The maximum Gasteiger partial charge on any atom is 0.281 e. The Labute approximate surface area is 878 Å². The quantitative estimate of drug-likeness (QED) is 0.0396. The van der Waals surface area contributed by atoms with E-state index in [2.05, 4.69) is 123 Å². The van der Waals surface area contributed by atoms with Gasteiger partial charge in [-0.05, 0) is 201 Å². The van der Waals surface area contributed by atoms with Crippen molar-refractivity contribution in [2.45, 2.75) is 98.8 Å². The SMILES string of the molecule is CC1=C(c2ccc(CC(=O)c3ccccc3F)cc2)CN(c2nccs2)CC1.CC1=C(c2cnc(CC(=O)c3ccc(F)cc3F)cn2)CN(c2nccs2)CC1.CC1=C(c2cnc(NC(=O)c3c(F)cccc3F)cn2)CN(S(=O)(=O)N(C)C)CC1.CC1=C(c2cnc(NC(=O)c3c(F)cccc3F)cn2)CN(c2nc(C)cs2)CC1.Cl.Cn1nnc(N2CCC(C3CC3)=C(c3ccc(CC(=O)c4c(F)cccc4F)cc3)C2)n1. The predicted molar refractivity (Wildman–Crippen MR) is 564 cm³/mol. The molecule has 0 bridgehead atoms. The Morgan fingerprint density at radius 3 is 1.32 bits per heavy atom. The molecular weight excluding hydrogens is 2040 g/mol. The van der Waals surface area contributed by atoms with Gasteiger partial charge in [-0.25, -0.2) is 64.4 Å². The molecule has 12 heterocycles. The summed E-state index contributed by atoms with van der Waals surface area (Å²) in [6.45, 7) is 17.3. The second kappa shape index (κ2) is 49.5. The van der Waals surface area contributed by atoms with Crippen LogP contribution >= 0.6 is 46.4 Å². The predicted octanol–water partition coefficient (Wildman–Crippen LogP) is 20.9. The van der Waals surface area contributed by atoms with Crippen molar-refractivity contribution in [3.8, 4) is 0 Å². The third kappa shape index (κ3) is 27.0. The van der Waals surface area contributed by atoms with Gasteiger partial charge in [0, 0.05) is 133 Å². The number of Topliss-reactive ketones (excluding diaryl/α,β-unsaturated/α-hetero) is 3. The Morgan fingerprint density at radius 2 is 0.867 bits per heavy atom. The molecule has 14 aromatic rings. The zero-order valence-corrected chi connectivity index (χ0v) is 86.8. The lowest BCUT2D eigenvalue weighted by atomic mass is 9.90. The first-order valence-corrected chi connectivity index (χ1v) is 51.7. The van der Waals surface area contributed by atoms with Gasteiger partial charge >= 0.3 is 0 Å². The summed E-state index contributed by atoms with van der Waals surface area (Å²) >= 11 is 4.87. The highest BCUT2D eigenvalue weighted by Gasteiger charge is 2.36. The van der Waals surface area contributed by atoms with Crippen LogP contribution in [0.3, 0.4) is 0 Å². The van der Waals surface area contributed by atoms with Crippen molar-refractivity contribution in [2.75, 3.05) is 110 Å². The molecule has 150 heavy (non-hydrogen) atoms. The molecule has 5 aliphatic heterocycles. The zero-order chi connectivity index (χ0) is 105. The van der Waals surface area contributed by atoms with E-state index in [1.807, 2.05) is 72.6 Å². The van der Waals surface area contributed by atoms with Crippen molar-refractivity contribution in [2.24, 2.45) is 13.0 Å². The Bertz CT molecular complexity index is 7510. The molecule has 0 radical (unpaired) electrons. The number of nitrogens with one attached hydrogen (secondary N) is 2. The molecule has 0 unspecified atom stereocenters. The fraction of sp³-hybridized carbons (Fsp3) is 0.269. The average molecular weight is 2140 g/mol. The Hall–Kier alpha value is -14.9. The van der Waals surface area contributed by atoms with E-state index in [9.17, 15) is 71.9 Å². The summed E-state index contributed by atoms with van der Waals surface area (Å²) in [6.07, 6.45) is 19.2. The number of hydrogen-bond acceptors (Lipinski definition) is 26. The van der Waals surface area contributed by atoms with Gasteiger partial charge in [-0.15, -0.1) is 51.5 Å². The Kier molecular flexibility index (Phi) is 36.1. The third-order valence-corrected chi connectivity index (χ3v) is 30.4. The van der Waals surface area contributed by atoms with Gasteiger partial charge in [0.25, 0.3) is 28.0 Å². The molecular formula is C108H103ClF9N21O7S4. The standard InChI is InChI=1S/C24H23F2N5O.C23H21FN2OS.C21H19F2N5OS.C21H18F2N4OS.C19H21F2N5O3S.ClH/c1-30-28-24(27-29-30)31-12-11-18(16-9-10-16)19(14-31)17-7-5-15(6-8-17)13-22(32)23-20(25)3-2-4-21(23)26;1-16-10-12-26(23-25-11-13-28-23)15-20(16)18-8-6-17(7-9-18)14-22(27)19-4-2-3-5-21(19)24;1-12-6-7-28(21-26-13(2)11-30-21)10-14(12)17-8-25-18(9-24-17)27-20(29)19-15(22)4-3-5-16(19)23;1-13-4-6-27(21-24-5-7-29-21)12-17(13)19-11-25-15(10-26-19)9-20(28)16-3-2-14(22)8-18(16)23;1-12-7-8-26(30(28,29)25(2)3)11-13(12)16-9-23-17(10-22-16)24-19(27)18-14(20)5-4-6-15(18)21;/h2-8,16H,9-14H2,1H3;2-9,11,13H,10,12,14-15H2,1H3;3-5,8-9,11H,6-7,10H2,1-2H3,(H,25,27,29);2-3,5,7-8,10-11H,4,6,9,12H2,1H3;4-6,9-10H,7-8,11H2,1-3H3,(H,23,24,27);1H. The van der Waals surface area contributed by atoms with Crippen LogP contribution in [0.1, 0.15) is 175 Å². The lowest BCUT2D eigenvalue weighted by molar-refractivity contribution is 0.0977. The first-order chi connectivity index (χ1) is 71.6. The number of benzene rings is 7. The first-order valence-electron chi connectivity index (χ1n) is 47.6. The van der Waals surface area contributed by atoms with Crippen molar-refractivity contribution >= 4 is 147 Å². The summed E-state index contributed by atoms with van der Waals surface area (Å²) in [5.41, 5.74) is 17.2. The zero-order valence-electron chi connectivity index (χ0n) is 82.7. The van der Waals surface area contributed by atoms with Crippen LogP contribution in [0.2, 0.25) is 0 Å². The minimum absolute atomic E-state index is 0. The van der Waals surface area contributed by atoms with Crippen LogP contribution in [0.15, 0.2) is 239 Å². The third-order valence-electron chi connectivity index (χ3n) is 25.9. The Morgan fingerprint density at radius 1 is 0.427 bits per heavy atom. The van der Waals surface area contributed by atoms with Crippen LogP contribution in [0.4, 0.5) is 72.5 Å². The lowest BCUT2D eigenvalue weighted by Crippen LogP contribution is -2.43. The number of rotatable bonds is 25. The van der Waals surface area contributed by atoms with Gasteiger partial charge in [-0.1, -0.05) is 112 Å². The summed E-state index contributed by atoms with van der Waals surface area (Å²) in [6, 6.07) is 34.7. The average Bonchev–Trinajstić information content (AvgIpc) is 1.53. The highest BCUT2D eigenvalue weighted by Crippen LogP contribution is 2.45. The number of carbonyl (C=O) groups is 5. The van der Waals surface area contributed by atoms with E-state index in [1.165, 1.54) is 124 Å². The van der Waals surface area contributed by atoms with Crippen molar-refractivity contribution < 1.29 is 71.9 Å². The second-order valence-electron chi connectivity index (χ2n) is 36.3. The van der Waals surface area contributed by atoms with E-state index in [0.717, 1.165) is 183 Å². The van der Waals surface area contributed by atoms with E-state index in [0.29, 0.717) is 67.6 Å². The van der Waals surface area contributed by atoms with Crippen LogP contribution in [0.25, 0.3) is 27.9 Å². The molecule has 28 nitrogen and oxygen atoms in total. The van der Waals surface area contributed by atoms with Gasteiger partial charge < -0.3 is 30.2 Å². The number of hydrogen-bond donors (Lipinski definition) is 2. The van der Waals surface area contributed by atoms with E-state index < -0.39 is 103 Å². The summed E-state index contributed by atoms with van der Waals surface area (Å²) in [7, 11) is 1.12. The van der Waals surface area contributed by atoms with Gasteiger partial charge in [0.05, 0.1) is 89.6 Å². The molecule has 20 rings (SSSR count). The summed E-state index contributed by atoms with van der Waals surface area (Å²) < 4.78 is 151. The fourth-order valence-corrected chi connectivity index (χ4v) is 20.7. The number of nitrogens with zero attached hydrogens (tertiary/aromatic N) is 19. The normalized spacial score (nSPS) is 14.9. The van der Waals surface area contributed by atoms with Crippen LogP contribution in [0.5, 0.6) is 0 Å². The maximum absolute atomic E-state index is 13.9. The van der Waals surface area contributed by atoms with Crippen LogP contribution < -0.4 is 30.2 Å². The minimum atomic E-state index is -3.57. The van der Waals surface area contributed by atoms with E-state index in [1.54, 1.807) is 71.8 Å². The summed E-state index contributed by atoms with van der Waals surface area (Å²) in [5.74, 6) is -9.27. The molecule has 0 spiro atoms. The molecule has 1 saturated carbocycles. The highest BCUT2D eigenvalue weighted by atomic mass is 35.5. The van der Waals surface area contributed by atoms with Gasteiger partial charge in [0.1, 0.15) is 63.5 Å². The first kappa shape index (κ1) is 109. The van der Waals surface area contributed by atoms with Crippen LogP contribution in [0, 0.1) is 65.2 Å². The molecule has 7 aromatic carbocycles. The summed E-state index contributed by atoms with van der Waals surface area (Å²) in [4.78, 5) is 111. The second-order valence-corrected chi connectivity index (χ2v) is 41.0. The molecule has 6 aliphatic rings. The maximum atomic E-state index is 13.9. The van der Waals surface area contributed by atoms with Crippen molar-refractivity contribution in [3.63, 3.8) is 0 Å². The number of aryl methyl sites for hydroxylation is 2. The number of halogens is 10. The molecule has 2 N–H and O–H groups in total. The highest BCUT2D eigenvalue weighted by molar-refractivity contribution is 7.86. The minimum Gasteiger partial charge on any atom is -0.343 e. The van der Waals surface area contributed by atoms with E-state index in [-0.39, 0.29) is 66.8 Å². The molecule has 776 valence electrons.